The van der Waals surface area contributed by atoms with Gasteiger partial charge in [0.25, 0.3) is 11.8 Å². The maximum atomic E-state index is 12.5. The molecule has 0 spiro atoms. The van der Waals surface area contributed by atoms with Gasteiger partial charge in [-0.1, -0.05) is 36.5 Å². The van der Waals surface area contributed by atoms with Gasteiger partial charge in [0.2, 0.25) is 5.91 Å². The van der Waals surface area contributed by atoms with Crippen LogP contribution in [0, 0.1) is 0 Å². The lowest BCUT2D eigenvalue weighted by atomic mass is 10.2. The molecule has 10 heteroatoms. The van der Waals surface area contributed by atoms with Gasteiger partial charge in [0.15, 0.2) is 0 Å². The molecule has 30 heavy (non-hydrogen) atoms. The normalized spacial score (nSPS) is 14.9. The van der Waals surface area contributed by atoms with E-state index in [0.717, 1.165) is 17.7 Å². The molecule has 2 aromatic heterocycles. The summed E-state index contributed by atoms with van der Waals surface area (Å²) in [6.45, 7) is 0.534. The van der Waals surface area contributed by atoms with Crippen LogP contribution in [0.5, 0.6) is 0 Å². The fraction of sp³-hybridized carbons (Fsp3) is 0.250. The van der Waals surface area contributed by atoms with Gasteiger partial charge in [-0.3, -0.25) is 35.1 Å². The Labute approximate surface area is 187 Å². The summed E-state index contributed by atoms with van der Waals surface area (Å²) in [5, 5.41) is 1.97. The second-order valence-corrected chi connectivity index (χ2v) is 9.06. The average Bonchev–Trinajstić information content (AvgIpc) is 3.35. The molecule has 2 aromatic rings. The van der Waals surface area contributed by atoms with Crippen molar-refractivity contribution in [2.45, 2.75) is 25.7 Å². The van der Waals surface area contributed by atoms with Crippen LogP contribution in [0.3, 0.4) is 0 Å². The Morgan fingerprint density at radius 1 is 1.17 bits per heavy atom. The lowest BCUT2D eigenvalue weighted by Crippen LogP contribution is -2.41. The molecule has 1 aliphatic rings. The van der Waals surface area contributed by atoms with Gasteiger partial charge in [-0.15, -0.1) is 11.3 Å². The summed E-state index contributed by atoms with van der Waals surface area (Å²) in [4.78, 5) is 43.4. The van der Waals surface area contributed by atoms with E-state index in [2.05, 4.69) is 15.8 Å². The number of carbonyl (C=O) groups is 3. The van der Waals surface area contributed by atoms with Crippen LogP contribution in [-0.4, -0.2) is 38.5 Å². The zero-order valence-electron chi connectivity index (χ0n) is 16.0. The smallest absolute Gasteiger partial charge is 0.271 e. The lowest BCUT2D eigenvalue weighted by molar-refractivity contribution is -0.123. The molecule has 0 bridgehead atoms. The van der Waals surface area contributed by atoms with Crippen LogP contribution in [0.2, 0.25) is 0 Å². The van der Waals surface area contributed by atoms with E-state index in [0.29, 0.717) is 27.8 Å². The minimum absolute atomic E-state index is 0.0609. The highest BCUT2D eigenvalue weighted by Crippen LogP contribution is 2.33. The number of rotatable bonds is 8. The molecule has 3 heterocycles. The topological polar surface area (TPSA) is 91.4 Å². The van der Waals surface area contributed by atoms with Crippen molar-refractivity contribution in [1.82, 2.24) is 20.7 Å². The van der Waals surface area contributed by atoms with Crippen molar-refractivity contribution in [3.63, 3.8) is 0 Å². The number of pyridine rings is 1. The number of hydrogen-bond donors (Lipinski definition) is 2. The van der Waals surface area contributed by atoms with E-state index < -0.39 is 5.91 Å². The van der Waals surface area contributed by atoms with Crippen LogP contribution in [0.1, 0.15) is 40.9 Å². The number of thioether (sulfide) groups is 1. The van der Waals surface area contributed by atoms with E-state index in [1.807, 2.05) is 23.6 Å². The number of aromatic nitrogens is 1. The Kier molecular flexibility index (Phi) is 8.12. The first-order valence-corrected chi connectivity index (χ1v) is 11.4. The molecule has 1 saturated heterocycles. The molecule has 0 saturated carbocycles. The molecule has 3 rings (SSSR count). The number of amides is 3. The van der Waals surface area contributed by atoms with Gasteiger partial charge in [-0.05, 0) is 42.5 Å². The number of thiocarbonyl (C=S) groups is 1. The fourth-order valence-electron chi connectivity index (χ4n) is 2.69. The van der Waals surface area contributed by atoms with Crippen LogP contribution in [0.25, 0.3) is 6.08 Å². The van der Waals surface area contributed by atoms with E-state index in [4.69, 9.17) is 12.2 Å². The van der Waals surface area contributed by atoms with Gasteiger partial charge in [0.1, 0.15) is 4.32 Å². The molecule has 0 aromatic carbocycles. The molecule has 2 N–H and O–H groups in total. The van der Waals surface area contributed by atoms with E-state index in [-0.39, 0.29) is 18.2 Å². The zero-order chi connectivity index (χ0) is 21.3. The lowest BCUT2D eigenvalue weighted by Gasteiger charge is -2.14. The largest absolute Gasteiger partial charge is 0.293 e. The Hall–Kier alpha value is -2.56. The Balaban J connectivity index is 1.33. The molecule has 0 unspecified atom stereocenters. The van der Waals surface area contributed by atoms with Crippen LogP contribution >= 0.6 is 35.3 Å². The SMILES string of the molecule is O=C(CCCCCN1C(=O)C(=Cc2cccs2)SC1=S)NNC(=O)c1cccnc1. The van der Waals surface area contributed by atoms with Crippen molar-refractivity contribution >= 4 is 63.4 Å². The van der Waals surface area contributed by atoms with Crippen LogP contribution in [-0.2, 0) is 9.59 Å². The van der Waals surface area contributed by atoms with Crippen LogP contribution < -0.4 is 10.9 Å². The second kappa shape index (κ2) is 11.0. The Morgan fingerprint density at radius 3 is 2.77 bits per heavy atom. The first kappa shape index (κ1) is 22.1. The van der Waals surface area contributed by atoms with Gasteiger partial charge >= 0.3 is 0 Å². The van der Waals surface area contributed by atoms with E-state index in [9.17, 15) is 14.4 Å². The number of nitrogens with zero attached hydrogens (tertiary/aromatic N) is 2. The number of thiophene rings is 1. The first-order valence-electron chi connectivity index (χ1n) is 9.32. The molecule has 1 aliphatic heterocycles. The number of nitrogens with one attached hydrogen (secondary N) is 2. The minimum atomic E-state index is -0.415. The molecular formula is C20H20N4O3S3. The predicted octanol–water partition coefficient (Wildman–Crippen LogP) is 3.37. The number of carbonyl (C=O) groups excluding carboxylic acids is 3. The summed E-state index contributed by atoms with van der Waals surface area (Å²) < 4.78 is 0.568. The summed E-state index contributed by atoms with van der Waals surface area (Å²) in [5.74, 6) is -0.743. The van der Waals surface area contributed by atoms with E-state index in [1.54, 1.807) is 34.6 Å². The second-order valence-electron chi connectivity index (χ2n) is 6.40. The molecule has 0 atom stereocenters. The summed E-state index contributed by atoms with van der Waals surface area (Å²) in [5.41, 5.74) is 5.12. The number of hydrogen-bond acceptors (Lipinski definition) is 7. The van der Waals surface area contributed by atoms with Crippen LogP contribution in [0.15, 0.2) is 46.9 Å². The summed E-state index contributed by atoms with van der Waals surface area (Å²) in [7, 11) is 0. The van der Waals surface area contributed by atoms with Crippen molar-refractivity contribution < 1.29 is 14.4 Å². The molecule has 0 aliphatic carbocycles. The third-order valence-electron chi connectivity index (χ3n) is 4.21. The molecular weight excluding hydrogens is 440 g/mol. The molecule has 1 fully saturated rings. The quantitative estimate of drug-likeness (QED) is 0.272. The molecule has 3 amide bonds. The van der Waals surface area contributed by atoms with Crippen molar-refractivity contribution in [2.24, 2.45) is 0 Å². The third-order valence-corrected chi connectivity index (χ3v) is 6.41. The van der Waals surface area contributed by atoms with E-state index >= 15 is 0 Å². The Morgan fingerprint density at radius 2 is 2.03 bits per heavy atom. The number of unbranched alkanes of at least 4 members (excludes halogenated alkanes) is 2. The van der Waals surface area contributed by atoms with Crippen molar-refractivity contribution in [3.8, 4) is 0 Å². The van der Waals surface area contributed by atoms with Crippen molar-refractivity contribution in [1.29, 1.82) is 0 Å². The zero-order valence-corrected chi connectivity index (χ0v) is 18.4. The highest BCUT2D eigenvalue weighted by Gasteiger charge is 2.31. The van der Waals surface area contributed by atoms with Gasteiger partial charge in [0.05, 0.1) is 10.5 Å². The third kappa shape index (κ3) is 6.22. The van der Waals surface area contributed by atoms with Gasteiger partial charge in [-0.2, -0.15) is 0 Å². The monoisotopic (exact) mass is 460 g/mol. The minimum Gasteiger partial charge on any atom is -0.293 e. The van der Waals surface area contributed by atoms with Crippen LogP contribution in [0.4, 0.5) is 0 Å². The van der Waals surface area contributed by atoms with Crippen molar-refractivity contribution in [3.05, 3.63) is 57.4 Å². The van der Waals surface area contributed by atoms with Crippen molar-refractivity contribution in [2.75, 3.05) is 6.54 Å². The van der Waals surface area contributed by atoms with Gasteiger partial charge in [-0.25, -0.2) is 0 Å². The highest BCUT2D eigenvalue weighted by atomic mass is 32.2. The summed E-state index contributed by atoms with van der Waals surface area (Å²) in [6, 6.07) is 7.16. The highest BCUT2D eigenvalue weighted by molar-refractivity contribution is 8.26. The predicted molar refractivity (Wildman–Crippen MR) is 123 cm³/mol. The number of hydrazine groups is 1. The maximum Gasteiger partial charge on any atom is 0.271 e. The molecule has 7 nitrogen and oxygen atoms in total. The maximum absolute atomic E-state index is 12.5. The fourth-order valence-corrected chi connectivity index (χ4v) is 4.72. The summed E-state index contributed by atoms with van der Waals surface area (Å²) >= 11 is 8.23. The first-order chi connectivity index (χ1) is 14.5. The standard InChI is InChI=1S/C20H20N4O3S3/c25-17(22-23-18(26)14-6-4-9-21-13-14)8-2-1-3-10-24-19(27)16(30-20(24)28)12-15-7-5-11-29-15/h4-7,9,11-13H,1-3,8,10H2,(H,22,25)(H,23,26). The Bertz CT molecular complexity index is 945. The van der Waals surface area contributed by atoms with Gasteiger partial charge in [0, 0.05) is 30.2 Å². The van der Waals surface area contributed by atoms with Gasteiger partial charge < -0.3 is 0 Å². The van der Waals surface area contributed by atoms with E-state index in [1.165, 1.54) is 18.0 Å². The summed E-state index contributed by atoms with van der Waals surface area (Å²) in [6.07, 6.45) is 7.30. The molecule has 0 radical (unpaired) electrons. The average molecular weight is 461 g/mol. The molecule has 156 valence electrons.